The molecule has 1 aromatic carbocycles. The van der Waals surface area contributed by atoms with Gasteiger partial charge in [0.05, 0.1) is 11.0 Å². The molecule has 18 heavy (non-hydrogen) atoms. The molecule has 0 bridgehead atoms. The maximum absolute atomic E-state index is 5.98. The van der Waals surface area contributed by atoms with Gasteiger partial charge in [-0.2, -0.15) is 0 Å². The fourth-order valence-electron chi connectivity index (χ4n) is 1.87. The highest BCUT2D eigenvalue weighted by Gasteiger charge is 2.10. The molecular weight excluding hydrogens is 292 g/mol. The van der Waals surface area contributed by atoms with Gasteiger partial charge < -0.3 is 15.2 Å². The molecule has 0 unspecified atom stereocenters. The first-order valence-corrected chi connectivity index (χ1v) is 6.90. The van der Waals surface area contributed by atoms with Gasteiger partial charge in [-0.15, -0.1) is 0 Å². The predicted molar refractivity (Wildman–Crippen MR) is 79.6 cm³/mol. The number of benzene rings is 1. The van der Waals surface area contributed by atoms with Crippen molar-refractivity contribution in [1.82, 2.24) is 14.5 Å². The number of nitrogen functional groups attached to an aromatic ring is 1. The fourth-order valence-corrected chi connectivity index (χ4v) is 2.22. The minimum atomic E-state index is 0.537. The second-order valence-corrected chi connectivity index (χ2v) is 5.74. The Bertz CT molecular complexity index is 547. The van der Waals surface area contributed by atoms with Crippen molar-refractivity contribution in [2.45, 2.75) is 26.4 Å². The first-order valence-electron chi connectivity index (χ1n) is 6.10. The lowest BCUT2D eigenvalue weighted by Crippen LogP contribution is -2.29. The monoisotopic (exact) mass is 310 g/mol. The summed E-state index contributed by atoms with van der Waals surface area (Å²) in [4.78, 5) is 6.68. The van der Waals surface area contributed by atoms with Gasteiger partial charge in [0.25, 0.3) is 0 Å². The molecule has 0 saturated carbocycles. The Hall–Kier alpha value is -1.07. The summed E-state index contributed by atoms with van der Waals surface area (Å²) in [6.45, 7) is 6.20. The van der Waals surface area contributed by atoms with E-state index in [1.165, 1.54) is 0 Å². The third-order valence-corrected chi connectivity index (χ3v) is 3.79. The number of nitrogens with zero attached hydrogens (tertiary/aromatic N) is 3. The highest BCUT2D eigenvalue weighted by molar-refractivity contribution is 9.10. The number of imidazole rings is 1. The van der Waals surface area contributed by atoms with Crippen LogP contribution in [-0.2, 0) is 6.54 Å². The first kappa shape index (κ1) is 13.4. The Morgan fingerprint density at radius 2 is 2.17 bits per heavy atom. The van der Waals surface area contributed by atoms with Crippen molar-refractivity contribution in [3.05, 3.63) is 22.7 Å². The number of halogens is 1. The van der Waals surface area contributed by atoms with Gasteiger partial charge in [0, 0.05) is 23.6 Å². The molecule has 4 nitrogen and oxygen atoms in total. The zero-order valence-electron chi connectivity index (χ0n) is 11.0. The summed E-state index contributed by atoms with van der Waals surface area (Å²) >= 11 is 3.45. The van der Waals surface area contributed by atoms with E-state index >= 15 is 0 Å². The number of anilines is 1. The summed E-state index contributed by atoms with van der Waals surface area (Å²) in [7, 11) is 2.12. The summed E-state index contributed by atoms with van der Waals surface area (Å²) < 4.78 is 3.10. The van der Waals surface area contributed by atoms with E-state index in [0.29, 0.717) is 12.0 Å². The number of fused-ring (bicyclic) bond motifs is 1. The van der Waals surface area contributed by atoms with Crippen molar-refractivity contribution >= 4 is 32.9 Å². The topological polar surface area (TPSA) is 47.1 Å². The number of likely N-dealkylation sites (N-methyl/N-ethyl adjacent to an activating group) is 1. The minimum Gasteiger partial charge on any atom is -0.369 e. The molecule has 0 saturated heterocycles. The number of rotatable bonds is 4. The third kappa shape index (κ3) is 2.67. The van der Waals surface area contributed by atoms with E-state index < -0.39 is 0 Å². The fraction of sp³-hybridized carbons (Fsp3) is 0.462. The molecule has 5 heteroatoms. The minimum absolute atomic E-state index is 0.537. The van der Waals surface area contributed by atoms with E-state index in [2.05, 4.69) is 57.3 Å². The maximum Gasteiger partial charge on any atom is 0.201 e. The quantitative estimate of drug-likeness (QED) is 0.944. The molecule has 0 spiro atoms. The van der Waals surface area contributed by atoms with E-state index in [0.717, 1.165) is 28.6 Å². The zero-order valence-corrected chi connectivity index (χ0v) is 12.6. The second-order valence-electron chi connectivity index (χ2n) is 4.83. The van der Waals surface area contributed by atoms with Crippen molar-refractivity contribution in [1.29, 1.82) is 0 Å². The van der Waals surface area contributed by atoms with E-state index in [-0.39, 0.29) is 0 Å². The van der Waals surface area contributed by atoms with Crippen LogP contribution in [0.2, 0.25) is 0 Å². The number of nitrogens with two attached hydrogens (primary N) is 1. The summed E-state index contributed by atoms with van der Waals surface area (Å²) in [6.07, 6.45) is 0. The number of hydrogen-bond donors (Lipinski definition) is 1. The molecule has 0 amide bonds. The molecule has 0 aliphatic carbocycles. The van der Waals surface area contributed by atoms with E-state index in [9.17, 15) is 0 Å². The van der Waals surface area contributed by atoms with Gasteiger partial charge in [-0.1, -0.05) is 15.9 Å². The van der Waals surface area contributed by atoms with Crippen LogP contribution in [0.1, 0.15) is 13.8 Å². The van der Waals surface area contributed by atoms with Crippen molar-refractivity contribution in [3.63, 3.8) is 0 Å². The molecule has 0 aliphatic rings. The van der Waals surface area contributed by atoms with Crippen molar-refractivity contribution in [2.24, 2.45) is 0 Å². The number of hydrogen-bond acceptors (Lipinski definition) is 3. The lowest BCUT2D eigenvalue weighted by atomic mass is 10.3. The Labute approximate surface area is 116 Å². The van der Waals surface area contributed by atoms with E-state index in [1.54, 1.807) is 0 Å². The summed E-state index contributed by atoms with van der Waals surface area (Å²) in [5, 5.41) is 0. The molecule has 1 heterocycles. The second kappa shape index (κ2) is 5.28. The normalized spacial score (nSPS) is 11.9. The van der Waals surface area contributed by atoms with E-state index in [4.69, 9.17) is 5.73 Å². The summed E-state index contributed by atoms with van der Waals surface area (Å²) in [6, 6.07) is 6.61. The highest BCUT2D eigenvalue weighted by atomic mass is 79.9. The predicted octanol–water partition coefficient (Wildman–Crippen LogP) is 2.72. The molecule has 0 fully saturated rings. The Morgan fingerprint density at radius 1 is 1.44 bits per heavy atom. The highest BCUT2D eigenvalue weighted by Crippen LogP contribution is 2.21. The molecule has 2 aromatic rings. The van der Waals surface area contributed by atoms with E-state index in [1.807, 2.05) is 12.1 Å². The first-order chi connectivity index (χ1) is 8.49. The molecule has 0 atom stereocenters. The van der Waals surface area contributed by atoms with Gasteiger partial charge in [0.2, 0.25) is 5.95 Å². The van der Waals surface area contributed by atoms with Crippen LogP contribution in [0.5, 0.6) is 0 Å². The van der Waals surface area contributed by atoms with Crippen LogP contribution < -0.4 is 5.73 Å². The van der Waals surface area contributed by atoms with Gasteiger partial charge in [0.1, 0.15) is 0 Å². The van der Waals surface area contributed by atoms with Gasteiger partial charge in [-0.25, -0.2) is 4.98 Å². The van der Waals surface area contributed by atoms with Crippen LogP contribution in [0.4, 0.5) is 5.95 Å². The average Bonchev–Trinajstić information content (AvgIpc) is 2.60. The van der Waals surface area contributed by atoms with Crippen LogP contribution in [-0.4, -0.2) is 34.1 Å². The summed E-state index contributed by atoms with van der Waals surface area (Å²) in [5.41, 5.74) is 8.01. The van der Waals surface area contributed by atoms with Crippen molar-refractivity contribution in [3.8, 4) is 0 Å². The average molecular weight is 311 g/mol. The van der Waals surface area contributed by atoms with Crippen molar-refractivity contribution in [2.75, 3.05) is 19.3 Å². The van der Waals surface area contributed by atoms with Crippen LogP contribution >= 0.6 is 15.9 Å². The Morgan fingerprint density at radius 3 is 2.83 bits per heavy atom. The van der Waals surface area contributed by atoms with Crippen LogP contribution in [0, 0.1) is 0 Å². The van der Waals surface area contributed by atoms with Gasteiger partial charge >= 0.3 is 0 Å². The molecule has 0 aliphatic heterocycles. The molecule has 2 rings (SSSR count). The molecular formula is C13H19BrN4. The Balaban J connectivity index is 2.25. The number of aromatic nitrogens is 2. The zero-order chi connectivity index (χ0) is 13.3. The molecule has 0 radical (unpaired) electrons. The largest absolute Gasteiger partial charge is 0.369 e. The Kier molecular flexibility index (Phi) is 3.92. The SMILES string of the molecule is CC(C)N(C)CCn1c(N)nc2cc(Br)ccc21. The summed E-state index contributed by atoms with van der Waals surface area (Å²) in [5.74, 6) is 0.584. The smallest absolute Gasteiger partial charge is 0.201 e. The molecule has 98 valence electrons. The van der Waals surface area contributed by atoms with Crippen LogP contribution in [0.15, 0.2) is 22.7 Å². The van der Waals surface area contributed by atoms with Gasteiger partial charge in [-0.3, -0.25) is 0 Å². The van der Waals surface area contributed by atoms with Crippen LogP contribution in [0.25, 0.3) is 11.0 Å². The maximum atomic E-state index is 5.98. The lowest BCUT2D eigenvalue weighted by molar-refractivity contribution is 0.264. The third-order valence-electron chi connectivity index (χ3n) is 3.30. The molecule has 2 N–H and O–H groups in total. The molecule has 1 aromatic heterocycles. The van der Waals surface area contributed by atoms with Crippen molar-refractivity contribution < 1.29 is 0 Å². The van der Waals surface area contributed by atoms with Gasteiger partial charge in [-0.05, 0) is 39.1 Å². The van der Waals surface area contributed by atoms with Crippen LogP contribution in [0.3, 0.4) is 0 Å². The lowest BCUT2D eigenvalue weighted by Gasteiger charge is -2.21. The van der Waals surface area contributed by atoms with Gasteiger partial charge in [0.15, 0.2) is 0 Å². The standard InChI is InChI=1S/C13H19BrN4/c1-9(2)17(3)6-7-18-12-5-4-10(14)8-11(12)16-13(18)15/h4-5,8-9H,6-7H2,1-3H3,(H2,15,16).